The summed E-state index contributed by atoms with van der Waals surface area (Å²) in [6.07, 6.45) is 1.13. The van der Waals surface area contributed by atoms with Gasteiger partial charge in [-0.2, -0.15) is 0 Å². The van der Waals surface area contributed by atoms with Crippen LogP contribution in [0.4, 0.5) is 11.4 Å². The fraction of sp³-hybridized carbons (Fsp3) is 0.217. The van der Waals surface area contributed by atoms with Crippen molar-refractivity contribution in [3.63, 3.8) is 0 Å². The van der Waals surface area contributed by atoms with Crippen molar-refractivity contribution < 1.29 is 14.3 Å². The third kappa shape index (κ3) is 5.61. The van der Waals surface area contributed by atoms with E-state index in [1.54, 1.807) is 12.1 Å². The molecule has 2 amide bonds. The number of fused-ring (bicyclic) bond motifs is 1. The molecule has 0 spiro atoms. The standard InChI is InChI=1S/C23H22N4O3S/c1-14-11-15(2)25-23(24-14)31-19-7-4-17(5-8-19)26-22(29)13-30-18-6-9-20-16(12-18)3-10-21(28)27-20/h4-9,11-12H,3,10,13H2,1-2H3,(H,26,29)(H,27,28). The van der Waals surface area contributed by atoms with Crippen molar-refractivity contribution in [2.24, 2.45) is 0 Å². The van der Waals surface area contributed by atoms with Gasteiger partial charge in [0.15, 0.2) is 11.8 Å². The first-order valence-corrected chi connectivity index (χ1v) is 10.7. The Hall–Kier alpha value is -3.39. The van der Waals surface area contributed by atoms with Gasteiger partial charge in [-0.05, 0) is 86.1 Å². The number of carbonyl (C=O) groups excluding carboxylic acids is 2. The molecule has 0 saturated heterocycles. The SMILES string of the molecule is Cc1cc(C)nc(Sc2ccc(NC(=O)COc3ccc4c(c3)CCC(=O)N4)cc2)n1. The van der Waals surface area contributed by atoms with Crippen molar-refractivity contribution in [3.8, 4) is 5.75 Å². The van der Waals surface area contributed by atoms with Crippen LogP contribution in [0.2, 0.25) is 0 Å². The van der Waals surface area contributed by atoms with Crippen LogP contribution in [0.25, 0.3) is 0 Å². The molecule has 2 N–H and O–H groups in total. The highest BCUT2D eigenvalue weighted by molar-refractivity contribution is 7.99. The van der Waals surface area contributed by atoms with Crippen LogP contribution in [0.5, 0.6) is 5.75 Å². The molecule has 0 atom stereocenters. The lowest BCUT2D eigenvalue weighted by molar-refractivity contribution is -0.118. The summed E-state index contributed by atoms with van der Waals surface area (Å²) < 4.78 is 5.61. The summed E-state index contributed by atoms with van der Waals surface area (Å²) in [5.41, 5.74) is 4.37. The van der Waals surface area contributed by atoms with Crippen LogP contribution in [0.3, 0.4) is 0 Å². The first-order chi connectivity index (χ1) is 14.9. The first-order valence-electron chi connectivity index (χ1n) is 9.90. The molecule has 2 heterocycles. The minimum Gasteiger partial charge on any atom is -0.484 e. The van der Waals surface area contributed by atoms with E-state index < -0.39 is 0 Å². The maximum Gasteiger partial charge on any atom is 0.262 e. The van der Waals surface area contributed by atoms with Gasteiger partial charge in [0.1, 0.15) is 5.75 Å². The number of nitrogens with zero attached hydrogens (tertiary/aromatic N) is 2. The Morgan fingerprint density at radius 1 is 1.06 bits per heavy atom. The molecule has 4 rings (SSSR count). The Kier molecular flexibility index (Phi) is 6.18. The topological polar surface area (TPSA) is 93.2 Å². The summed E-state index contributed by atoms with van der Waals surface area (Å²) in [5, 5.41) is 6.36. The largest absolute Gasteiger partial charge is 0.484 e. The average Bonchev–Trinajstić information content (AvgIpc) is 2.73. The maximum atomic E-state index is 12.3. The lowest BCUT2D eigenvalue weighted by atomic mass is 10.0. The number of ether oxygens (including phenoxy) is 1. The number of benzene rings is 2. The second kappa shape index (κ2) is 9.18. The Bertz CT molecular complexity index is 1110. The van der Waals surface area contributed by atoms with Crippen LogP contribution >= 0.6 is 11.8 Å². The number of carbonyl (C=O) groups is 2. The van der Waals surface area contributed by atoms with E-state index in [-0.39, 0.29) is 18.4 Å². The number of aryl methyl sites for hydroxylation is 3. The Labute approximate surface area is 184 Å². The summed E-state index contributed by atoms with van der Waals surface area (Å²) in [5.74, 6) is 0.376. The quantitative estimate of drug-likeness (QED) is 0.566. The maximum absolute atomic E-state index is 12.3. The van der Waals surface area contributed by atoms with Crippen LogP contribution in [-0.4, -0.2) is 28.4 Å². The van der Waals surface area contributed by atoms with E-state index in [1.165, 1.54) is 11.8 Å². The van der Waals surface area contributed by atoms with Gasteiger partial charge >= 0.3 is 0 Å². The van der Waals surface area contributed by atoms with Crippen LogP contribution in [0, 0.1) is 13.8 Å². The average molecular weight is 435 g/mol. The molecule has 0 unspecified atom stereocenters. The number of hydrogen-bond acceptors (Lipinski definition) is 6. The summed E-state index contributed by atoms with van der Waals surface area (Å²) in [7, 11) is 0. The summed E-state index contributed by atoms with van der Waals surface area (Å²) in [4.78, 5) is 33.5. The van der Waals surface area contributed by atoms with Crippen LogP contribution < -0.4 is 15.4 Å². The molecular weight excluding hydrogens is 412 g/mol. The van der Waals surface area contributed by atoms with Gasteiger partial charge in [0.25, 0.3) is 5.91 Å². The predicted molar refractivity (Wildman–Crippen MR) is 120 cm³/mol. The zero-order valence-electron chi connectivity index (χ0n) is 17.3. The second-order valence-electron chi connectivity index (χ2n) is 7.26. The van der Waals surface area contributed by atoms with Gasteiger partial charge in [0.2, 0.25) is 5.91 Å². The minimum absolute atomic E-state index is 0.0199. The number of aromatic nitrogens is 2. The molecule has 1 aromatic heterocycles. The lowest BCUT2D eigenvalue weighted by Gasteiger charge is -2.17. The summed E-state index contributed by atoms with van der Waals surface area (Å²) in [6, 6.07) is 14.9. The molecule has 3 aromatic rings. The van der Waals surface area contributed by atoms with Crippen molar-refractivity contribution >= 4 is 35.0 Å². The molecule has 8 heteroatoms. The van der Waals surface area contributed by atoms with E-state index in [9.17, 15) is 9.59 Å². The van der Waals surface area contributed by atoms with Crippen molar-refractivity contribution in [2.75, 3.05) is 17.2 Å². The van der Waals surface area contributed by atoms with Crippen LogP contribution in [-0.2, 0) is 16.0 Å². The molecule has 0 fully saturated rings. The molecule has 0 radical (unpaired) electrons. The van der Waals surface area contributed by atoms with E-state index in [0.29, 0.717) is 29.4 Å². The molecule has 1 aliphatic rings. The number of nitrogens with one attached hydrogen (secondary N) is 2. The summed E-state index contributed by atoms with van der Waals surface area (Å²) >= 11 is 1.48. The normalized spacial score (nSPS) is 12.6. The predicted octanol–water partition coefficient (Wildman–Crippen LogP) is 4.15. The number of hydrogen-bond donors (Lipinski definition) is 2. The third-order valence-electron chi connectivity index (χ3n) is 4.65. The van der Waals surface area contributed by atoms with Gasteiger partial charge in [-0.1, -0.05) is 0 Å². The monoisotopic (exact) mass is 434 g/mol. The van der Waals surface area contributed by atoms with Crippen LogP contribution in [0.15, 0.2) is 58.6 Å². The molecule has 0 aliphatic carbocycles. The van der Waals surface area contributed by atoms with E-state index in [2.05, 4.69) is 20.6 Å². The van der Waals surface area contributed by atoms with Gasteiger partial charge in [0.05, 0.1) is 0 Å². The highest BCUT2D eigenvalue weighted by Gasteiger charge is 2.15. The van der Waals surface area contributed by atoms with E-state index in [1.807, 2.05) is 50.2 Å². The molecular formula is C23H22N4O3S. The van der Waals surface area contributed by atoms with Crippen molar-refractivity contribution in [1.82, 2.24) is 9.97 Å². The molecule has 0 saturated carbocycles. The summed E-state index contributed by atoms with van der Waals surface area (Å²) in [6.45, 7) is 3.79. The van der Waals surface area contributed by atoms with Gasteiger partial charge in [-0.25, -0.2) is 9.97 Å². The van der Waals surface area contributed by atoms with Crippen molar-refractivity contribution in [1.29, 1.82) is 0 Å². The lowest BCUT2D eigenvalue weighted by Crippen LogP contribution is -2.21. The molecule has 2 aromatic carbocycles. The Balaban J connectivity index is 1.30. The van der Waals surface area contributed by atoms with Gasteiger partial charge in [-0.15, -0.1) is 0 Å². The van der Waals surface area contributed by atoms with E-state index in [0.717, 1.165) is 27.5 Å². The number of anilines is 2. The third-order valence-corrected chi connectivity index (χ3v) is 5.52. The second-order valence-corrected chi connectivity index (χ2v) is 8.30. The van der Waals surface area contributed by atoms with Gasteiger partial charge in [0, 0.05) is 34.1 Å². The fourth-order valence-electron chi connectivity index (χ4n) is 3.25. The van der Waals surface area contributed by atoms with Crippen LogP contribution in [0.1, 0.15) is 23.4 Å². The highest BCUT2D eigenvalue weighted by Crippen LogP contribution is 2.27. The van der Waals surface area contributed by atoms with E-state index in [4.69, 9.17) is 4.74 Å². The molecule has 1 aliphatic heterocycles. The molecule has 7 nitrogen and oxygen atoms in total. The first kappa shape index (κ1) is 20.9. The number of rotatable bonds is 6. The Morgan fingerprint density at radius 2 is 1.81 bits per heavy atom. The molecule has 158 valence electrons. The molecule has 31 heavy (non-hydrogen) atoms. The van der Waals surface area contributed by atoms with Crippen molar-refractivity contribution in [2.45, 2.75) is 36.7 Å². The molecule has 0 bridgehead atoms. The van der Waals surface area contributed by atoms with Crippen molar-refractivity contribution in [3.05, 3.63) is 65.5 Å². The van der Waals surface area contributed by atoms with Gasteiger partial charge < -0.3 is 15.4 Å². The zero-order valence-corrected chi connectivity index (χ0v) is 18.1. The van der Waals surface area contributed by atoms with Gasteiger partial charge in [-0.3, -0.25) is 9.59 Å². The van der Waals surface area contributed by atoms with E-state index >= 15 is 0 Å². The highest BCUT2D eigenvalue weighted by atomic mass is 32.2. The Morgan fingerprint density at radius 3 is 2.55 bits per heavy atom. The zero-order chi connectivity index (χ0) is 21.8. The smallest absolute Gasteiger partial charge is 0.262 e. The number of amides is 2. The minimum atomic E-state index is -0.246. The fourth-order valence-corrected chi connectivity index (χ4v) is 4.11.